The van der Waals surface area contributed by atoms with Crippen LogP contribution in [0.15, 0.2) is 41.7 Å². The first-order valence-corrected chi connectivity index (χ1v) is 12.2. The maximum absolute atomic E-state index is 13.3. The molecule has 12 heteroatoms. The maximum Gasteiger partial charge on any atom is 0.508 e. The number of nitrogens with zero attached hydrogens (tertiary/aromatic N) is 4. The van der Waals surface area contributed by atoms with E-state index in [9.17, 15) is 18.4 Å². The Morgan fingerprint density at radius 1 is 1.19 bits per heavy atom. The van der Waals surface area contributed by atoms with Gasteiger partial charge >= 0.3 is 12.2 Å². The molecule has 0 fully saturated rings. The van der Waals surface area contributed by atoms with Gasteiger partial charge in [0.1, 0.15) is 12.4 Å². The van der Waals surface area contributed by atoms with Gasteiger partial charge in [0.15, 0.2) is 11.8 Å². The van der Waals surface area contributed by atoms with Gasteiger partial charge in [0.05, 0.1) is 29.9 Å². The fourth-order valence-corrected chi connectivity index (χ4v) is 4.20. The number of rotatable bonds is 10. The molecule has 3 aromatic rings. The van der Waals surface area contributed by atoms with E-state index in [1.165, 1.54) is 27.4 Å². The van der Waals surface area contributed by atoms with Gasteiger partial charge < -0.3 is 19.1 Å². The average Bonchev–Trinajstić information content (AvgIpc) is 3.20. The van der Waals surface area contributed by atoms with E-state index in [0.717, 1.165) is 6.92 Å². The van der Waals surface area contributed by atoms with Crippen molar-refractivity contribution in [2.45, 2.75) is 37.6 Å². The van der Waals surface area contributed by atoms with Gasteiger partial charge in [-0.15, -0.1) is 0 Å². The molecule has 0 aliphatic carbocycles. The van der Waals surface area contributed by atoms with Crippen molar-refractivity contribution in [1.82, 2.24) is 19.4 Å². The summed E-state index contributed by atoms with van der Waals surface area (Å²) in [5, 5.41) is 0.437. The number of amides is 1. The Labute approximate surface area is 211 Å². The van der Waals surface area contributed by atoms with Crippen molar-refractivity contribution in [3.05, 3.63) is 47.8 Å². The number of thioether (sulfide) groups is 1. The number of hydrogen-bond donors (Lipinski definition) is 0. The van der Waals surface area contributed by atoms with Crippen molar-refractivity contribution in [1.29, 1.82) is 0 Å². The van der Waals surface area contributed by atoms with Gasteiger partial charge in [-0.2, -0.15) is 0 Å². The quantitative estimate of drug-likeness (QED) is 0.267. The highest BCUT2D eigenvalue weighted by molar-refractivity contribution is 7.98. The minimum absolute atomic E-state index is 0.0249. The summed E-state index contributed by atoms with van der Waals surface area (Å²) in [6, 6.07) is 8.41. The predicted octanol–water partition coefficient (Wildman–Crippen LogP) is 5.14. The number of alkyl halides is 2. The normalized spacial score (nSPS) is 11.4. The van der Waals surface area contributed by atoms with E-state index in [1.54, 1.807) is 39.1 Å². The minimum atomic E-state index is -2.96. The molecule has 194 valence electrons. The van der Waals surface area contributed by atoms with Crippen LogP contribution in [0.3, 0.4) is 0 Å². The molecule has 0 saturated heterocycles. The Balaban J connectivity index is 1.77. The molecule has 1 amide bonds. The molecular weight excluding hydrogens is 494 g/mol. The Bertz CT molecular complexity index is 1210. The topological polar surface area (TPSA) is 95.8 Å². The molecule has 0 bridgehead atoms. The van der Waals surface area contributed by atoms with E-state index in [2.05, 4.69) is 9.97 Å². The highest BCUT2D eigenvalue weighted by Crippen LogP contribution is 2.30. The summed E-state index contributed by atoms with van der Waals surface area (Å²) in [6.07, 6.45) is 0.705. The van der Waals surface area contributed by atoms with Crippen molar-refractivity contribution in [2.24, 2.45) is 0 Å². The molecular formula is C24H28F2N4O5S. The monoisotopic (exact) mass is 522 g/mol. The number of fused-ring (bicyclic) bond motifs is 1. The lowest BCUT2D eigenvalue weighted by Crippen LogP contribution is -2.34. The van der Waals surface area contributed by atoms with E-state index >= 15 is 0 Å². The van der Waals surface area contributed by atoms with Gasteiger partial charge in [-0.3, -0.25) is 4.98 Å². The number of para-hydroxylation sites is 2. The second-order valence-electron chi connectivity index (χ2n) is 7.98. The third kappa shape index (κ3) is 7.06. The lowest BCUT2D eigenvalue weighted by Gasteiger charge is -2.19. The van der Waals surface area contributed by atoms with Gasteiger partial charge in [-0.1, -0.05) is 23.9 Å². The molecule has 0 spiro atoms. The standard InChI is InChI=1S/C24H28F2N4O5S/c1-5-33-23(32)34-13-12-29(4)22(31)30-19-9-7-6-8-17(19)28-21(30)36-14-18-16(2)20(10-11-27-18)35-15-24(3,25)26/h6-11H,5,12-15H2,1-4H3. The summed E-state index contributed by atoms with van der Waals surface area (Å²) in [4.78, 5) is 35.1. The maximum atomic E-state index is 13.3. The van der Waals surface area contributed by atoms with Crippen LogP contribution >= 0.6 is 11.8 Å². The lowest BCUT2D eigenvalue weighted by molar-refractivity contribution is -0.0231. The zero-order chi connectivity index (χ0) is 26.3. The number of halogens is 2. The van der Waals surface area contributed by atoms with Crippen molar-refractivity contribution in [3.63, 3.8) is 0 Å². The number of pyridine rings is 1. The van der Waals surface area contributed by atoms with E-state index in [1.807, 2.05) is 12.1 Å². The Morgan fingerprint density at radius 2 is 1.94 bits per heavy atom. The number of imidazole rings is 1. The number of carbonyl (C=O) groups excluding carboxylic acids is 2. The molecule has 0 radical (unpaired) electrons. The molecule has 0 atom stereocenters. The Kier molecular flexibility index (Phi) is 9.08. The number of carbonyl (C=O) groups is 2. The van der Waals surface area contributed by atoms with Crippen LogP contribution in [0.25, 0.3) is 11.0 Å². The molecule has 0 saturated carbocycles. The van der Waals surface area contributed by atoms with Crippen LogP contribution in [0, 0.1) is 6.92 Å². The Hall–Kier alpha value is -3.41. The van der Waals surface area contributed by atoms with Crippen molar-refractivity contribution in [3.8, 4) is 5.75 Å². The van der Waals surface area contributed by atoms with Gasteiger partial charge in [-0.05, 0) is 32.0 Å². The first-order valence-electron chi connectivity index (χ1n) is 11.2. The van der Waals surface area contributed by atoms with Crippen LogP contribution in [-0.2, 0) is 15.2 Å². The first kappa shape index (κ1) is 27.2. The number of likely N-dealkylation sites (N-methyl/N-ethyl adjacent to an activating group) is 1. The second kappa shape index (κ2) is 12.0. The summed E-state index contributed by atoms with van der Waals surface area (Å²) in [6.45, 7) is 3.80. The zero-order valence-electron chi connectivity index (χ0n) is 20.5. The molecule has 9 nitrogen and oxygen atoms in total. The van der Waals surface area contributed by atoms with Crippen molar-refractivity contribution >= 4 is 35.0 Å². The molecule has 0 aliphatic heterocycles. The summed E-state index contributed by atoms with van der Waals surface area (Å²) in [5.41, 5.74) is 2.52. The van der Waals surface area contributed by atoms with Gasteiger partial charge in [-0.25, -0.2) is 27.9 Å². The van der Waals surface area contributed by atoms with Crippen LogP contribution in [0.2, 0.25) is 0 Å². The third-order valence-electron chi connectivity index (χ3n) is 5.03. The van der Waals surface area contributed by atoms with Crippen LogP contribution in [-0.4, -0.2) is 71.0 Å². The van der Waals surface area contributed by atoms with E-state index in [4.69, 9.17) is 14.2 Å². The predicted molar refractivity (Wildman–Crippen MR) is 131 cm³/mol. The fourth-order valence-electron chi connectivity index (χ4n) is 3.18. The largest absolute Gasteiger partial charge is 0.508 e. The van der Waals surface area contributed by atoms with Crippen LogP contribution in [0.1, 0.15) is 25.1 Å². The average molecular weight is 523 g/mol. The number of ether oxygens (including phenoxy) is 3. The third-order valence-corrected chi connectivity index (χ3v) is 5.98. The smallest absolute Gasteiger partial charge is 0.487 e. The first-order chi connectivity index (χ1) is 17.1. The summed E-state index contributed by atoms with van der Waals surface area (Å²) >= 11 is 1.29. The van der Waals surface area contributed by atoms with Crippen LogP contribution < -0.4 is 4.74 Å². The number of benzene rings is 1. The van der Waals surface area contributed by atoms with Crippen molar-refractivity contribution in [2.75, 3.05) is 33.4 Å². The summed E-state index contributed by atoms with van der Waals surface area (Å²) in [7, 11) is 1.59. The van der Waals surface area contributed by atoms with Crippen LogP contribution in [0.4, 0.5) is 18.4 Å². The molecule has 2 heterocycles. The van der Waals surface area contributed by atoms with Crippen molar-refractivity contribution < 1.29 is 32.6 Å². The van der Waals surface area contributed by atoms with Gasteiger partial charge in [0.2, 0.25) is 0 Å². The molecule has 2 aromatic heterocycles. The highest BCUT2D eigenvalue weighted by Gasteiger charge is 2.24. The Morgan fingerprint density at radius 3 is 2.67 bits per heavy atom. The summed E-state index contributed by atoms with van der Waals surface area (Å²) < 4.78 is 42.9. The molecule has 0 aliphatic rings. The number of aromatic nitrogens is 3. The summed E-state index contributed by atoms with van der Waals surface area (Å²) in [5.74, 6) is -2.30. The molecule has 36 heavy (non-hydrogen) atoms. The minimum Gasteiger partial charge on any atom is -0.487 e. The molecule has 0 unspecified atom stereocenters. The molecule has 1 aromatic carbocycles. The zero-order valence-corrected chi connectivity index (χ0v) is 21.3. The van der Waals surface area contributed by atoms with Crippen LogP contribution in [0.5, 0.6) is 5.75 Å². The fraction of sp³-hybridized carbons (Fsp3) is 0.417. The van der Waals surface area contributed by atoms with Gasteiger partial charge in [0, 0.05) is 31.5 Å². The van der Waals surface area contributed by atoms with E-state index < -0.39 is 18.7 Å². The molecule has 0 N–H and O–H groups in total. The second-order valence-corrected chi connectivity index (χ2v) is 8.92. The van der Waals surface area contributed by atoms with E-state index in [-0.39, 0.29) is 25.8 Å². The molecule has 3 rings (SSSR count). The highest BCUT2D eigenvalue weighted by atomic mass is 32.2. The SMILES string of the molecule is CCOC(=O)OCCN(C)C(=O)n1c(SCc2nccc(OCC(C)(F)F)c2C)nc2ccccc21. The van der Waals surface area contributed by atoms with E-state index in [0.29, 0.717) is 38.9 Å². The lowest BCUT2D eigenvalue weighted by atomic mass is 10.2. The van der Waals surface area contributed by atoms with Gasteiger partial charge in [0.25, 0.3) is 5.92 Å². The number of hydrogen-bond acceptors (Lipinski definition) is 8.